The van der Waals surface area contributed by atoms with Crippen LogP contribution >= 0.6 is 0 Å². The van der Waals surface area contributed by atoms with Crippen LogP contribution in [-0.4, -0.2) is 22.5 Å². The third-order valence-corrected chi connectivity index (χ3v) is 3.27. The van der Waals surface area contributed by atoms with E-state index in [1.54, 1.807) is 44.2 Å². The average molecular weight is 300 g/mol. The maximum absolute atomic E-state index is 11.8. The zero-order valence-corrected chi connectivity index (χ0v) is 12.4. The van der Waals surface area contributed by atoms with Gasteiger partial charge in [0.15, 0.2) is 0 Å². The van der Waals surface area contributed by atoms with Crippen LogP contribution < -0.4 is 0 Å². The van der Waals surface area contributed by atoms with Crippen LogP contribution in [0.3, 0.4) is 0 Å². The molecule has 0 saturated heterocycles. The lowest BCUT2D eigenvalue weighted by Gasteiger charge is -2.11. The van der Waals surface area contributed by atoms with Gasteiger partial charge in [-0.2, -0.15) is 0 Å². The first-order chi connectivity index (χ1) is 10.5. The Bertz CT molecular complexity index is 686. The molecule has 0 spiro atoms. The lowest BCUT2D eigenvalue weighted by molar-refractivity contribution is -0.384. The largest absolute Gasteiger partial charge is 0.465 e. The Balaban J connectivity index is 2.48. The molecule has 2 aromatic rings. The lowest BCUT2D eigenvalue weighted by Crippen LogP contribution is -2.14. The summed E-state index contributed by atoms with van der Waals surface area (Å²) in [6.45, 7) is 3.67. The van der Waals surface area contributed by atoms with Crippen LogP contribution in [0.25, 0.3) is 11.1 Å². The van der Waals surface area contributed by atoms with E-state index in [0.29, 0.717) is 16.8 Å². The molecule has 6 heteroatoms. The monoisotopic (exact) mass is 300 g/mol. The average Bonchev–Trinajstić information content (AvgIpc) is 2.54. The quantitative estimate of drug-likeness (QED) is 0.480. The van der Waals surface area contributed by atoms with Crippen LogP contribution in [-0.2, 0) is 9.53 Å². The number of aromatic nitrogens is 1. The Morgan fingerprint density at radius 2 is 2.05 bits per heavy atom. The van der Waals surface area contributed by atoms with Crippen molar-refractivity contribution in [1.82, 2.24) is 4.98 Å². The summed E-state index contributed by atoms with van der Waals surface area (Å²) in [6, 6.07) is 10.6. The van der Waals surface area contributed by atoms with E-state index in [9.17, 15) is 14.9 Å². The Labute approximate surface area is 127 Å². The smallest absolute Gasteiger partial charge is 0.314 e. The van der Waals surface area contributed by atoms with Gasteiger partial charge in [-0.3, -0.25) is 19.9 Å². The number of pyridine rings is 1. The van der Waals surface area contributed by atoms with E-state index in [1.165, 1.54) is 6.20 Å². The Morgan fingerprint density at radius 3 is 2.64 bits per heavy atom. The van der Waals surface area contributed by atoms with Gasteiger partial charge in [0.2, 0.25) is 0 Å². The molecule has 1 heterocycles. The molecule has 6 nitrogen and oxygen atoms in total. The van der Waals surface area contributed by atoms with E-state index < -0.39 is 16.8 Å². The van der Waals surface area contributed by atoms with Gasteiger partial charge in [-0.1, -0.05) is 30.3 Å². The molecule has 114 valence electrons. The molecule has 0 aliphatic rings. The highest BCUT2D eigenvalue weighted by Crippen LogP contribution is 2.31. The molecule has 2 rings (SSSR count). The number of rotatable bonds is 5. The second kappa shape index (κ2) is 6.80. The number of nitro groups is 1. The van der Waals surface area contributed by atoms with Gasteiger partial charge in [0, 0.05) is 0 Å². The first-order valence-corrected chi connectivity index (χ1v) is 6.91. The number of hydrogen-bond acceptors (Lipinski definition) is 5. The zero-order chi connectivity index (χ0) is 16.1. The van der Waals surface area contributed by atoms with Gasteiger partial charge in [-0.05, 0) is 25.5 Å². The molecule has 1 aromatic carbocycles. The second-order valence-electron chi connectivity index (χ2n) is 4.72. The van der Waals surface area contributed by atoms with Crippen molar-refractivity contribution in [2.75, 3.05) is 6.61 Å². The highest BCUT2D eigenvalue weighted by atomic mass is 16.6. The molecule has 1 aromatic heterocycles. The topological polar surface area (TPSA) is 82.3 Å². The first-order valence-electron chi connectivity index (χ1n) is 6.91. The van der Waals surface area contributed by atoms with E-state index in [1.807, 2.05) is 6.07 Å². The third-order valence-electron chi connectivity index (χ3n) is 3.27. The normalized spacial score (nSPS) is 11.7. The van der Waals surface area contributed by atoms with Crippen molar-refractivity contribution < 1.29 is 14.5 Å². The van der Waals surface area contributed by atoms with E-state index in [4.69, 9.17) is 4.74 Å². The molecule has 1 atom stereocenters. The molecule has 0 N–H and O–H groups in total. The highest BCUT2D eigenvalue weighted by Gasteiger charge is 2.23. The van der Waals surface area contributed by atoms with E-state index in [2.05, 4.69) is 4.98 Å². The number of nitrogens with zero attached hydrogens (tertiary/aromatic N) is 2. The Kier molecular flexibility index (Phi) is 4.83. The molecule has 0 saturated carbocycles. The number of hydrogen-bond donors (Lipinski definition) is 0. The van der Waals surface area contributed by atoms with E-state index in [0.717, 1.165) is 0 Å². The molecular formula is C16H16N2O4. The summed E-state index contributed by atoms with van der Waals surface area (Å²) in [4.78, 5) is 26.6. The molecular weight excluding hydrogens is 284 g/mol. The zero-order valence-electron chi connectivity index (χ0n) is 12.4. The summed E-state index contributed by atoms with van der Waals surface area (Å²) in [7, 11) is 0. The summed E-state index contributed by atoms with van der Waals surface area (Å²) in [6.07, 6.45) is 1.19. The predicted octanol–water partition coefficient (Wildman–Crippen LogP) is 3.32. The maximum atomic E-state index is 11.8. The molecule has 0 aliphatic carbocycles. The minimum Gasteiger partial charge on any atom is -0.465 e. The molecule has 22 heavy (non-hydrogen) atoms. The Hall–Kier alpha value is -2.76. The SMILES string of the molecule is CCOC(=O)[C@H](C)c1cc(-c2ccccc2)c([N+](=O)[O-])cn1. The third kappa shape index (κ3) is 3.28. The van der Waals surface area contributed by atoms with Gasteiger partial charge in [0.05, 0.1) is 28.7 Å². The fraction of sp³-hybridized carbons (Fsp3) is 0.250. The molecule has 0 aliphatic heterocycles. The van der Waals surface area contributed by atoms with E-state index in [-0.39, 0.29) is 12.3 Å². The van der Waals surface area contributed by atoms with Crippen LogP contribution in [0.5, 0.6) is 0 Å². The van der Waals surface area contributed by atoms with Gasteiger partial charge in [0.1, 0.15) is 6.20 Å². The fourth-order valence-electron chi connectivity index (χ4n) is 2.08. The van der Waals surface area contributed by atoms with E-state index >= 15 is 0 Å². The van der Waals surface area contributed by atoms with Crippen molar-refractivity contribution in [1.29, 1.82) is 0 Å². The minimum atomic E-state index is -0.580. The van der Waals surface area contributed by atoms with Gasteiger partial charge in [0.25, 0.3) is 5.69 Å². The van der Waals surface area contributed by atoms with Crippen LogP contribution in [0.15, 0.2) is 42.6 Å². The molecule has 0 fully saturated rings. The van der Waals surface area contributed by atoms with Crippen LogP contribution in [0.1, 0.15) is 25.5 Å². The van der Waals surface area contributed by atoms with Crippen molar-refractivity contribution in [3.05, 3.63) is 58.4 Å². The standard InChI is InChI=1S/C16H16N2O4/c1-3-22-16(19)11(2)14-9-13(12-7-5-4-6-8-12)15(10-17-14)18(20)21/h4-11H,3H2,1-2H3/t11-/m1/s1. The Morgan fingerprint density at radius 1 is 1.36 bits per heavy atom. The molecule has 0 bridgehead atoms. The summed E-state index contributed by atoms with van der Waals surface area (Å²) in [5.41, 5.74) is 1.49. The van der Waals surface area contributed by atoms with Crippen LogP contribution in [0, 0.1) is 10.1 Å². The van der Waals surface area contributed by atoms with Crippen molar-refractivity contribution in [3.8, 4) is 11.1 Å². The van der Waals surface area contributed by atoms with Gasteiger partial charge in [-0.25, -0.2) is 0 Å². The predicted molar refractivity (Wildman–Crippen MR) is 81.4 cm³/mol. The van der Waals surface area contributed by atoms with Crippen molar-refractivity contribution in [3.63, 3.8) is 0 Å². The maximum Gasteiger partial charge on any atom is 0.314 e. The first kappa shape index (κ1) is 15.6. The number of carbonyl (C=O) groups is 1. The number of esters is 1. The number of carbonyl (C=O) groups excluding carboxylic acids is 1. The van der Waals surface area contributed by atoms with Crippen LogP contribution in [0.4, 0.5) is 5.69 Å². The van der Waals surface area contributed by atoms with Gasteiger partial charge >= 0.3 is 5.97 Å². The van der Waals surface area contributed by atoms with Gasteiger partial charge in [-0.15, -0.1) is 0 Å². The molecule has 0 amide bonds. The summed E-state index contributed by atoms with van der Waals surface area (Å²) in [5, 5.41) is 11.2. The fourth-order valence-corrected chi connectivity index (χ4v) is 2.08. The number of ether oxygens (including phenoxy) is 1. The van der Waals surface area contributed by atoms with Gasteiger partial charge < -0.3 is 4.74 Å². The molecule has 0 radical (unpaired) electrons. The number of benzene rings is 1. The van der Waals surface area contributed by atoms with Crippen molar-refractivity contribution in [2.24, 2.45) is 0 Å². The van der Waals surface area contributed by atoms with Crippen LogP contribution in [0.2, 0.25) is 0 Å². The molecule has 0 unspecified atom stereocenters. The van der Waals surface area contributed by atoms with Crippen molar-refractivity contribution in [2.45, 2.75) is 19.8 Å². The lowest BCUT2D eigenvalue weighted by atomic mass is 10.00. The summed E-state index contributed by atoms with van der Waals surface area (Å²) in [5.74, 6) is -0.980. The summed E-state index contributed by atoms with van der Waals surface area (Å²) < 4.78 is 4.97. The minimum absolute atomic E-state index is 0.0917. The summed E-state index contributed by atoms with van der Waals surface area (Å²) >= 11 is 0. The second-order valence-corrected chi connectivity index (χ2v) is 4.72. The highest BCUT2D eigenvalue weighted by molar-refractivity contribution is 5.79. The van der Waals surface area contributed by atoms with Crippen molar-refractivity contribution >= 4 is 11.7 Å².